The smallest absolute Gasteiger partial charge is 0.338 e. The van der Waals surface area contributed by atoms with Crippen molar-refractivity contribution in [1.29, 1.82) is 0 Å². The lowest BCUT2D eigenvalue weighted by Gasteiger charge is -2.34. The summed E-state index contributed by atoms with van der Waals surface area (Å²) >= 11 is 0. The molecule has 10 nitrogen and oxygen atoms in total. The van der Waals surface area contributed by atoms with Crippen molar-refractivity contribution in [2.24, 2.45) is 0 Å². The third-order valence-corrected chi connectivity index (χ3v) is 6.88. The normalized spacial score (nSPS) is 15.1. The lowest BCUT2D eigenvalue weighted by atomic mass is 10.2. The number of esters is 1. The number of imidazole rings is 1. The van der Waals surface area contributed by atoms with Crippen LogP contribution in [-0.4, -0.2) is 71.2 Å². The summed E-state index contributed by atoms with van der Waals surface area (Å²) in [6, 6.07) is 9.53. The first-order valence-electron chi connectivity index (χ1n) is 9.83. The number of hydrogen-bond acceptors (Lipinski definition) is 8. The third-order valence-electron chi connectivity index (χ3n) is 4.97. The molecule has 0 bridgehead atoms. The van der Waals surface area contributed by atoms with Gasteiger partial charge in [0, 0.05) is 38.6 Å². The average Bonchev–Trinajstić information content (AvgIpc) is 3.35. The van der Waals surface area contributed by atoms with E-state index in [-0.39, 0.29) is 11.5 Å². The number of carbonyl (C=O) groups is 1. The van der Waals surface area contributed by atoms with Gasteiger partial charge < -0.3 is 9.64 Å². The van der Waals surface area contributed by atoms with Gasteiger partial charge in [-0.15, -0.1) is 10.2 Å². The monoisotopic (exact) mass is 442 g/mol. The van der Waals surface area contributed by atoms with Crippen LogP contribution in [0.15, 0.2) is 60.0 Å². The van der Waals surface area contributed by atoms with Gasteiger partial charge in [0.1, 0.15) is 6.33 Å². The second-order valence-electron chi connectivity index (χ2n) is 6.86. The Labute approximate surface area is 180 Å². The van der Waals surface area contributed by atoms with E-state index < -0.39 is 16.0 Å². The van der Waals surface area contributed by atoms with E-state index in [2.05, 4.69) is 15.2 Å². The molecule has 1 fully saturated rings. The minimum Gasteiger partial charge on any atom is -0.462 e. The van der Waals surface area contributed by atoms with Gasteiger partial charge in [0.15, 0.2) is 11.6 Å². The van der Waals surface area contributed by atoms with Crippen molar-refractivity contribution in [3.63, 3.8) is 0 Å². The largest absolute Gasteiger partial charge is 0.462 e. The average molecular weight is 443 g/mol. The molecular weight excluding hydrogens is 420 g/mol. The molecule has 3 aromatic rings. The molecule has 0 N–H and O–H groups in total. The van der Waals surface area contributed by atoms with Gasteiger partial charge in [-0.25, -0.2) is 18.2 Å². The maximum atomic E-state index is 13.0. The van der Waals surface area contributed by atoms with E-state index in [1.807, 2.05) is 17.0 Å². The van der Waals surface area contributed by atoms with Gasteiger partial charge in [-0.3, -0.25) is 4.57 Å². The van der Waals surface area contributed by atoms with Crippen LogP contribution in [0.5, 0.6) is 0 Å². The van der Waals surface area contributed by atoms with Gasteiger partial charge in [-0.2, -0.15) is 4.31 Å². The predicted octanol–water partition coefficient (Wildman–Crippen LogP) is 1.35. The molecule has 0 unspecified atom stereocenters. The fraction of sp³-hybridized carbons (Fsp3) is 0.300. The number of anilines is 1. The lowest BCUT2D eigenvalue weighted by molar-refractivity contribution is 0.0526. The minimum atomic E-state index is -3.65. The second-order valence-corrected chi connectivity index (χ2v) is 8.79. The third kappa shape index (κ3) is 4.42. The van der Waals surface area contributed by atoms with Crippen LogP contribution in [0.4, 0.5) is 5.82 Å². The van der Waals surface area contributed by atoms with E-state index in [1.54, 1.807) is 30.2 Å². The Morgan fingerprint density at radius 3 is 2.26 bits per heavy atom. The summed E-state index contributed by atoms with van der Waals surface area (Å²) in [5, 5.41) is 8.47. The molecule has 1 aliphatic heterocycles. The zero-order chi connectivity index (χ0) is 21.8. The molecular formula is C20H22N6O4S. The van der Waals surface area contributed by atoms with Gasteiger partial charge in [-0.05, 0) is 43.3 Å². The van der Waals surface area contributed by atoms with E-state index in [1.165, 1.54) is 28.6 Å². The van der Waals surface area contributed by atoms with E-state index in [4.69, 9.17) is 4.74 Å². The van der Waals surface area contributed by atoms with Crippen molar-refractivity contribution >= 4 is 21.8 Å². The summed E-state index contributed by atoms with van der Waals surface area (Å²) in [5.74, 6) is 0.883. The fourth-order valence-electron chi connectivity index (χ4n) is 3.30. The van der Waals surface area contributed by atoms with Crippen LogP contribution >= 0.6 is 0 Å². The number of sulfonamides is 1. The Hall–Kier alpha value is -3.31. The zero-order valence-electron chi connectivity index (χ0n) is 17.0. The molecule has 0 saturated carbocycles. The van der Waals surface area contributed by atoms with Crippen molar-refractivity contribution in [2.75, 3.05) is 37.7 Å². The van der Waals surface area contributed by atoms with Crippen molar-refractivity contribution < 1.29 is 17.9 Å². The van der Waals surface area contributed by atoms with Gasteiger partial charge in [0.05, 0.1) is 17.1 Å². The van der Waals surface area contributed by atoms with Crippen LogP contribution in [0.3, 0.4) is 0 Å². The second kappa shape index (κ2) is 8.82. The summed E-state index contributed by atoms with van der Waals surface area (Å²) in [6.45, 7) is 3.63. The summed E-state index contributed by atoms with van der Waals surface area (Å²) in [6.07, 6.45) is 5.10. The van der Waals surface area contributed by atoms with Gasteiger partial charge in [0.2, 0.25) is 10.0 Å². The molecule has 0 atom stereocenters. The summed E-state index contributed by atoms with van der Waals surface area (Å²) in [5.41, 5.74) is 0.323. The molecule has 0 aliphatic carbocycles. The van der Waals surface area contributed by atoms with Crippen LogP contribution < -0.4 is 4.90 Å². The Balaban J connectivity index is 1.40. The molecule has 3 heterocycles. The van der Waals surface area contributed by atoms with Gasteiger partial charge in [-0.1, -0.05) is 0 Å². The number of hydrogen-bond donors (Lipinski definition) is 0. The summed E-state index contributed by atoms with van der Waals surface area (Å²) in [7, 11) is -3.65. The molecule has 31 heavy (non-hydrogen) atoms. The molecule has 1 aliphatic rings. The molecule has 0 amide bonds. The number of rotatable bonds is 6. The van der Waals surface area contributed by atoms with Gasteiger partial charge in [0.25, 0.3) is 0 Å². The van der Waals surface area contributed by atoms with Crippen molar-refractivity contribution in [1.82, 2.24) is 24.1 Å². The highest BCUT2D eigenvalue weighted by Crippen LogP contribution is 2.21. The van der Waals surface area contributed by atoms with Crippen LogP contribution in [-0.2, 0) is 14.8 Å². The Kier molecular flexibility index (Phi) is 5.96. The predicted molar refractivity (Wildman–Crippen MR) is 113 cm³/mol. The molecule has 4 rings (SSSR count). The molecule has 11 heteroatoms. The maximum absolute atomic E-state index is 13.0. The number of ether oxygens (including phenoxy) is 1. The van der Waals surface area contributed by atoms with Crippen LogP contribution in [0.25, 0.3) is 5.82 Å². The summed E-state index contributed by atoms with van der Waals surface area (Å²) in [4.78, 5) is 17.9. The number of piperazine rings is 1. The van der Waals surface area contributed by atoms with Crippen molar-refractivity contribution in [3.05, 3.63) is 60.7 Å². The van der Waals surface area contributed by atoms with Gasteiger partial charge >= 0.3 is 5.97 Å². The first-order chi connectivity index (χ1) is 15.0. The lowest BCUT2D eigenvalue weighted by Crippen LogP contribution is -2.49. The first kappa shape index (κ1) is 20.9. The Bertz CT molecular complexity index is 1120. The molecule has 1 saturated heterocycles. The molecule has 0 radical (unpaired) electrons. The topological polar surface area (TPSA) is 111 Å². The number of nitrogens with zero attached hydrogens (tertiary/aromatic N) is 6. The minimum absolute atomic E-state index is 0.151. The number of aromatic nitrogens is 4. The van der Waals surface area contributed by atoms with E-state index in [0.717, 1.165) is 0 Å². The van der Waals surface area contributed by atoms with Crippen LogP contribution in [0.2, 0.25) is 0 Å². The van der Waals surface area contributed by atoms with E-state index >= 15 is 0 Å². The number of benzene rings is 1. The Morgan fingerprint density at radius 2 is 1.68 bits per heavy atom. The standard InChI is InChI=1S/C20H22N6O4S/c1-2-30-20(27)16-3-5-17(6-4-16)31(28,29)26-13-11-24(12-14-26)18-7-8-19(23-22-18)25-10-9-21-15-25/h3-10,15H,2,11-14H2,1H3. The van der Waals surface area contributed by atoms with E-state index in [0.29, 0.717) is 43.4 Å². The molecule has 2 aromatic heterocycles. The van der Waals surface area contributed by atoms with Crippen molar-refractivity contribution in [3.8, 4) is 5.82 Å². The van der Waals surface area contributed by atoms with E-state index in [9.17, 15) is 13.2 Å². The van der Waals surface area contributed by atoms with Crippen molar-refractivity contribution in [2.45, 2.75) is 11.8 Å². The quantitative estimate of drug-likeness (QED) is 0.526. The maximum Gasteiger partial charge on any atom is 0.338 e. The van der Waals surface area contributed by atoms with Crippen LogP contribution in [0, 0.1) is 0 Å². The van der Waals surface area contributed by atoms with Crippen LogP contribution in [0.1, 0.15) is 17.3 Å². The summed E-state index contributed by atoms with van der Waals surface area (Å²) < 4.78 is 34.1. The molecule has 0 spiro atoms. The Morgan fingerprint density at radius 1 is 1.00 bits per heavy atom. The highest BCUT2D eigenvalue weighted by atomic mass is 32.2. The zero-order valence-corrected chi connectivity index (χ0v) is 17.8. The highest BCUT2D eigenvalue weighted by Gasteiger charge is 2.29. The highest BCUT2D eigenvalue weighted by molar-refractivity contribution is 7.89. The molecule has 1 aromatic carbocycles. The SMILES string of the molecule is CCOC(=O)c1ccc(S(=O)(=O)N2CCN(c3ccc(-n4ccnc4)nn3)CC2)cc1. The fourth-order valence-corrected chi connectivity index (χ4v) is 4.73. The first-order valence-corrected chi connectivity index (χ1v) is 11.3. The molecule has 162 valence electrons. The number of carbonyl (C=O) groups excluding carboxylic acids is 1.